The van der Waals surface area contributed by atoms with Crippen LogP contribution in [0, 0.1) is 0 Å². The molecule has 9 heteroatoms. The zero-order valence-electron chi connectivity index (χ0n) is 10.8. The molecular weight excluding hydrogens is 266 g/mol. The van der Waals surface area contributed by atoms with Gasteiger partial charge in [0.1, 0.15) is 24.6 Å². The molecule has 0 amide bonds. The van der Waals surface area contributed by atoms with Gasteiger partial charge in [-0.25, -0.2) is 19.8 Å². The van der Waals surface area contributed by atoms with E-state index in [0.717, 1.165) is 0 Å². The van der Waals surface area contributed by atoms with Crippen molar-refractivity contribution in [2.45, 2.75) is 24.9 Å². The largest absolute Gasteiger partial charge is 0.382 e. The first-order valence-corrected chi connectivity index (χ1v) is 6.12. The van der Waals surface area contributed by atoms with E-state index in [4.69, 9.17) is 20.5 Å². The topological polar surface area (TPSA) is 118 Å². The maximum atomic E-state index is 8.53. The normalized spacial score (nSPS) is 26.4. The van der Waals surface area contributed by atoms with Crippen LogP contribution in [-0.4, -0.2) is 50.7 Å². The Hall–Kier alpha value is -1.81. The van der Waals surface area contributed by atoms with E-state index >= 15 is 0 Å². The third-order valence-electron chi connectivity index (χ3n) is 3.37. The number of anilines is 1. The van der Waals surface area contributed by atoms with Gasteiger partial charge < -0.3 is 15.2 Å². The molecule has 2 aromatic rings. The molecule has 1 saturated heterocycles. The predicted molar refractivity (Wildman–Crippen MR) is 67.6 cm³/mol. The van der Waals surface area contributed by atoms with Crippen LogP contribution in [0.5, 0.6) is 0 Å². The van der Waals surface area contributed by atoms with Crippen LogP contribution in [0.2, 0.25) is 0 Å². The van der Waals surface area contributed by atoms with Gasteiger partial charge in [-0.2, -0.15) is 0 Å². The molecule has 9 nitrogen and oxygen atoms in total. The summed E-state index contributed by atoms with van der Waals surface area (Å²) in [6.07, 6.45) is 2.71. The number of hydrogen-bond donors (Lipinski definition) is 2. The van der Waals surface area contributed by atoms with E-state index in [1.165, 1.54) is 6.33 Å². The SMILES string of the molecule is COC1CC(COO)OC1n1cnc2c(N)ncnc21. The second-order valence-corrected chi connectivity index (χ2v) is 4.54. The highest BCUT2D eigenvalue weighted by molar-refractivity contribution is 5.81. The van der Waals surface area contributed by atoms with Gasteiger partial charge >= 0.3 is 0 Å². The number of nitrogens with two attached hydrogens (primary N) is 1. The number of nitrogen functional groups attached to an aromatic ring is 1. The molecule has 0 bridgehead atoms. The molecule has 3 atom stereocenters. The molecule has 2 aromatic heterocycles. The first-order chi connectivity index (χ1) is 9.74. The van der Waals surface area contributed by atoms with E-state index in [1.54, 1.807) is 18.0 Å². The minimum absolute atomic E-state index is 0.0834. The van der Waals surface area contributed by atoms with Gasteiger partial charge in [0.15, 0.2) is 17.7 Å². The Morgan fingerprint density at radius 2 is 2.35 bits per heavy atom. The van der Waals surface area contributed by atoms with Crippen LogP contribution in [-0.2, 0) is 14.4 Å². The zero-order chi connectivity index (χ0) is 14.1. The zero-order valence-corrected chi connectivity index (χ0v) is 10.8. The van der Waals surface area contributed by atoms with Gasteiger partial charge in [-0.15, -0.1) is 0 Å². The number of imidazole rings is 1. The minimum atomic E-state index is -0.403. The van der Waals surface area contributed by atoms with Gasteiger partial charge in [0, 0.05) is 13.5 Å². The fraction of sp³-hybridized carbons (Fsp3) is 0.545. The average molecular weight is 281 g/mol. The van der Waals surface area contributed by atoms with E-state index in [0.29, 0.717) is 23.4 Å². The van der Waals surface area contributed by atoms with Crippen LogP contribution in [0.1, 0.15) is 12.6 Å². The summed E-state index contributed by atoms with van der Waals surface area (Å²) in [4.78, 5) is 16.4. The predicted octanol–water partition coefficient (Wildman–Crippen LogP) is 0.201. The lowest BCUT2D eigenvalue weighted by Gasteiger charge is -2.18. The van der Waals surface area contributed by atoms with Gasteiger partial charge in [-0.05, 0) is 0 Å². The molecule has 0 radical (unpaired) electrons. The molecule has 3 heterocycles. The minimum Gasteiger partial charge on any atom is -0.382 e. The van der Waals surface area contributed by atoms with Crippen LogP contribution in [0.3, 0.4) is 0 Å². The molecule has 3 N–H and O–H groups in total. The van der Waals surface area contributed by atoms with Crippen LogP contribution in [0.25, 0.3) is 11.2 Å². The molecule has 1 fully saturated rings. The van der Waals surface area contributed by atoms with Crippen molar-refractivity contribution in [2.24, 2.45) is 0 Å². The monoisotopic (exact) mass is 281 g/mol. The van der Waals surface area contributed by atoms with Crippen molar-refractivity contribution >= 4 is 17.0 Å². The first-order valence-electron chi connectivity index (χ1n) is 6.12. The lowest BCUT2D eigenvalue weighted by molar-refractivity contribution is -0.260. The van der Waals surface area contributed by atoms with Crippen molar-refractivity contribution in [3.8, 4) is 0 Å². The van der Waals surface area contributed by atoms with Crippen LogP contribution in [0.15, 0.2) is 12.7 Å². The van der Waals surface area contributed by atoms with Gasteiger partial charge in [-0.1, -0.05) is 0 Å². The van der Waals surface area contributed by atoms with Gasteiger partial charge in [0.2, 0.25) is 0 Å². The molecule has 20 heavy (non-hydrogen) atoms. The van der Waals surface area contributed by atoms with E-state index in [1.807, 2.05) is 0 Å². The van der Waals surface area contributed by atoms with Crippen molar-refractivity contribution in [3.05, 3.63) is 12.7 Å². The Balaban J connectivity index is 1.95. The lowest BCUT2D eigenvalue weighted by Crippen LogP contribution is -2.21. The molecule has 0 saturated carbocycles. The van der Waals surface area contributed by atoms with Crippen molar-refractivity contribution < 1.29 is 19.6 Å². The fourth-order valence-electron chi connectivity index (χ4n) is 2.42. The highest BCUT2D eigenvalue weighted by atomic mass is 17.1. The molecule has 0 spiro atoms. The molecule has 0 aromatic carbocycles. The Morgan fingerprint density at radius 3 is 3.10 bits per heavy atom. The third-order valence-corrected chi connectivity index (χ3v) is 3.37. The number of aromatic nitrogens is 4. The second-order valence-electron chi connectivity index (χ2n) is 4.54. The molecule has 3 rings (SSSR count). The molecular formula is C11H15N5O4. The summed E-state index contributed by atoms with van der Waals surface area (Å²) in [5.41, 5.74) is 6.86. The third kappa shape index (κ3) is 2.10. The van der Waals surface area contributed by atoms with Crippen molar-refractivity contribution in [1.82, 2.24) is 19.5 Å². The molecule has 108 valence electrons. The van der Waals surface area contributed by atoms with Gasteiger partial charge in [0.05, 0.1) is 12.4 Å². The summed E-state index contributed by atoms with van der Waals surface area (Å²) in [6.45, 7) is 0.0834. The summed E-state index contributed by atoms with van der Waals surface area (Å²) in [5, 5.41) is 8.53. The number of fused-ring (bicyclic) bond motifs is 1. The molecule has 3 unspecified atom stereocenters. The highest BCUT2D eigenvalue weighted by Crippen LogP contribution is 2.33. The molecule has 0 aliphatic carbocycles. The van der Waals surface area contributed by atoms with E-state index in [-0.39, 0.29) is 18.8 Å². The van der Waals surface area contributed by atoms with Gasteiger partial charge in [-0.3, -0.25) is 9.82 Å². The number of rotatable bonds is 4. The first kappa shape index (κ1) is 13.2. The van der Waals surface area contributed by atoms with Crippen LogP contribution >= 0.6 is 0 Å². The number of hydrogen-bond acceptors (Lipinski definition) is 8. The summed E-state index contributed by atoms with van der Waals surface area (Å²) < 4.78 is 13.0. The Labute approximate surface area is 114 Å². The molecule has 1 aliphatic heterocycles. The molecule has 1 aliphatic rings. The number of nitrogens with zero attached hydrogens (tertiary/aromatic N) is 4. The second kappa shape index (κ2) is 5.29. The fourth-order valence-corrected chi connectivity index (χ4v) is 2.42. The van der Waals surface area contributed by atoms with Crippen molar-refractivity contribution in [3.63, 3.8) is 0 Å². The summed E-state index contributed by atoms with van der Waals surface area (Å²) in [7, 11) is 1.60. The van der Waals surface area contributed by atoms with Crippen molar-refractivity contribution in [2.75, 3.05) is 19.5 Å². The summed E-state index contributed by atoms with van der Waals surface area (Å²) >= 11 is 0. The van der Waals surface area contributed by atoms with E-state index < -0.39 is 6.23 Å². The van der Waals surface area contributed by atoms with E-state index in [9.17, 15) is 0 Å². The lowest BCUT2D eigenvalue weighted by atomic mass is 10.2. The summed E-state index contributed by atoms with van der Waals surface area (Å²) in [5.74, 6) is 0.316. The Kier molecular flexibility index (Phi) is 3.49. The number of methoxy groups -OCH3 is 1. The van der Waals surface area contributed by atoms with Crippen molar-refractivity contribution in [1.29, 1.82) is 0 Å². The number of ether oxygens (including phenoxy) is 2. The smallest absolute Gasteiger partial charge is 0.167 e. The van der Waals surface area contributed by atoms with Crippen LogP contribution in [0.4, 0.5) is 5.82 Å². The maximum absolute atomic E-state index is 8.53. The van der Waals surface area contributed by atoms with E-state index in [2.05, 4.69) is 19.8 Å². The Bertz CT molecular complexity index is 604. The average Bonchev–Trinajstić information content (AvgIpc) is 3.03. The Morgan fingerprint density at radius 1 is 1.50 bits per heavy atom. The maximum Gasteiger partial charge on any atom is 0.167 e. The quantitative estimate of drug-likeness (QED) is 0.602. The highest BCUT2D eigenvalue weighted by Gasteiger charge is 2.37. The summed E-state index contributed by atoms with van der Waals surface area (Å²) in [6, 6.07) is 0. The standard InChI is InChI=1S/C11H15N5O4/c1-18-7-2-6(3-19-17)20-11(7)16-5-15-8-9(12)13-4-14-10(8)16/h4-7,11,17H,2-3H2,1H3,(H2,12,13,14). The van der Waals surface area contributed by atoms with Gasteiger partial charge in [0.25, 0.3) is 0 Å². The van der Waals surface area contributed by atoms with Crippen LogP contribution < -0.4 is 5.73 Å².